The summed E-state index contributed by atoms with van der Waals surface area (Å²) in [5.74, 6) is 0.524. The maximum absolute atomic E-state index is 5.63. The van der Waals surface area contributed by atoms with Gasteiger partial charge in [0.15, 0.2) is 0 Å². The zero-order chi connectivity index (χ0) is 7.68. The average Bonchev–Trinajstić information content (AvgIpc) is 1.83. The van der Waals surface area contributed by atoms with E-state index >= 15 is 0 Å². The van der Waals surface area contributed by atoms with E-state index in [-0.39, 0.29) is 0 Å². The molecule has 0 bridgehead atoms. The number of nitrogens with zero attached hydrogens (tertiary/aromatic N) is 2. The number of aromatic nitrogens is 2. The van der Waals surface area contributed by atoms with Gasteiger partial charge in [0.1, 0.15) is 0 Å². The lowest BCUT2D eigenvalue weighted by atomic mass is 9.83. The average molecular weight is 168 g/mol. The first-order valence-corrected chi connectivity index (χ1v) is 4.06. The molecule has 0 aromatic carbocycles. The Morgan fingerprint density at radius 2 is 2.36 bits per heavy atom. The molecule has 0 spiro atoms. The summed E-state index contributed by atoms with van der Waals surface area (Å²) in [5, 5.41) is 0.350. The van der Waals surface area contributed by atoms with Crippen LogP contribution in [-0.4, -0.2) is 9.97 Å². The van der Waals surface area contributed by atoms with E-state index < -0.39 is 0 Å². The molecule has 1 radical (unpaired) electrons. The van der Waals surface area contributed by atoms with Gasteiger partial charge in [-0.15, -0.1) is 0 Å². The van der Waals surface area contributed by atoms with Gasteiger partial charge < -0.3 is 0 Å². The van der Waals surface area contributed by atoms with Crippen LogP contribution in [0, 0.1) is 6.42 Å². The van der Waals surface area contributed by atoms with E-state index in [0.29, 0.717) is 11.2 Å². The molecule has 1 fully saturated rings. The van der Waals surface area contributed by atoms with Gasteiger partial charge in [0.05, 0.1) is 0 Å². The van der Waals surface area contributed by atoms with E-state index in [2.05, 4.69) is 16.4 Å². The number of hydrogen-bond donors (Lipinski definition) is 0. The van der Waals surface area contributed by atoms with Crippen molar-refractivity contribution in [3.8, 4) is 0 Å². The lowest BCUT2D eigenvalue weighted by Crippen LogP contribution is -2.11. The van der Waals surface area contributed by atoms with Gasteiger partial charge in [0, 0.05) is 17.8 Å². The normalized spacial score (nSPS) is 17.9. The lowest BCUT2D eigenvalue weighted by Gasteiger charge is -2.23. The van der Waals surface area contributed by atoms with E-state index in [4.69, 9.17) is 11.6 Å². The van der Waals surface area contributed by atoms with Crippen molar-refractivity contribution in [3.05, 3.63) is 29.7 Å². The smallest absolute Gasteiger partial charge is 0.222 e. The number of hydrogen-bond acceptors (Lipinski definition) is 2. The SMILES string of the molecule is Clc1nccc(C2[CH]CC2)n1. The Balaban J connectivity index is 2.23. The first-order chi connectivity index (χ1) is 5.36. The molecule has 0 saturated heterocycles. The van der Waals surface area contributed by atoms with Crippen LogP contribution in [0.2, 0.25) is 5.28 Å². The van der Waals surface area contributed by atoms with Crippen molar-refractivity contribution in [2.75, 3.05) is 0 Å². The summed E-state index contributed by atoms with van der Waals surface area (Å²) in [7, 11) is 0. The standard InChI is InChI=1S/C8H8ClN2/c9-8-10-5-4-7(11-8)6-2-1-3-6/h2,4-6H,1,3H2. The van der Waals surface area contributed by atoms with Crippen molar-refractivity contribution in [2.45, 2.75) is 18.8 Å². The van der Waals surface area contributed by atoms with Gasteiger partial charge in [-0.05, 0) is 36.9 Å². The van der Waals surface area contributed by atoms with Crippen LogP contribution in [-0.2, 0) is 0 Å². The van der Waals surface area contributed by atoms with Crippen LogP contribution < -0.4 is 0 Å². The highest BCUT2D eigenvalue weighted by molar-refractivity contribution is 6.28. The summed E-state index contributed by atoms with van der Waals surface area (Å²) in [6.45, 7) is 0. The monoisotopic (exact) mass is 167 g/mol. The summed E-state index contributed by atoms with van der Waals surface area (Å²) in [6, 6.07) is 1.92. The van der Waals surface area contributed by atoms with E-state index in [1.807, 2.05) is 6.07 Å². The quantitative estimate of drug-likeness (QED) is 0.600. The minimum atomic E-state index is 0.350. The minimum Gasteiger partial charge on any atom is -0.227 e. The molecule has 1 aliphatic carbocycles. The fourth-order valence-corrected chi connectivity index (χ4v) is 1.31. The maximum Gasteiger partial charge on any atom is 0.222 e. The molecule has 1 unspecified atom stereocenters. The van der Waals surface area contributed by atoms with E-state index in [9.17, 15) is 0 Å². The molecule has 0 amide bonds. The van der Waals surface area contributed by atoms with Crippen LogP contribution in [0.5, 0.6) is 0 Å². The fraction of sp³-hybridized carbons (Fsp3) is 0.375. The van der Waals surface area contributed by atoms with Gasteiger partial charge in [-0.1, -0.05) is 0 Å². The Bertz CT molecular complexity index is 258. The largest absolute Gasteiger partial charge is 0.227 e. The molecular formula is C8H8ClN2. The number of rotatable bonds is 1. The molecule has 1 aliphatic rings. The molecule has 1 atom stereocenters. The Morgan fingerprint density at radius 3 is 2.91 bits per heavy atom. The highest BCUT2D eigenvalue weighted by Crippen LogP contribution is 2.33. The van der Waals surface area contributed by atoms with Crippen LogP contribution in [0.4, 0.5) is 0 Å². The molecule has 0 aliphatic heterocycles. The van der Waals surface area contributed by atoms with Gasteiger partial charge in [-0.3, -0.25) is 0 Å². The van der Waals surface area contributed by atoms with Gasteiger partial charge in [-0.2, -0.15) is 0 Å². The van der Waals surface area contributed by atoms with Crippen molar-refractivity contribution in [1.82, 2.24) is 9.97 Å². The van der Waals surface area contributed by atoms with Gasteiger partial charge in [-0.25, -0.2) is 9.97 Å². The Labute approximate surface area is 70.6 Å². The van der Waals surface area contributed by atoms with Gasteiger partial charge in [0.2, 0.25) is 5.28 Å². The molecule has 2 nitrogen and oxygen atoms in total. The minimum absolute atomic E-state index is 0.350. The summed E-state index contributed by atoms with van der Waals surface area (Å²) in [6.07, 6.45) is 6.36. The second-order valence-corrected chi connectivity index (χ2v) is 3.01. The van der Waals surface area contributed by atoms with Crippen molar-refractivity contribution in [2.24, 2.45) is 0 Å². The maximum atomic E-state index is 5.63. The van der Waals surface area contributed by atoms with Crippen LogP contribution in [0.25, 0.3) is 0 Å². The number of halogens is 1. The molecule has 1 aromatic rings. The Morgan fingerprint density at radius 1 is 1.55 bits per heavy atom. The molecule has 1 heterocycles. The third-order valence-corrected chi connectivity index (χ3v) is 2.14. The van der Waals surface area contributed by atoms with E-state index in [1.54, 1.807) is 6.20 Å². The highest BCUT2D eigenvalue weighted by atomic mass is 35.5. The summed E-state index contributed by atoms with van der Waals surface area (Å²) < 4.78 is 0. The Kier molecular flexibility index (Phi) is 1.78. The first kappa shape index (κ1) is 7.04. The van der Waals surface area contributed by atoms with Crippen molar-refractivity contribution < 1.29 is 0 Å². The first-order valence-electron chi connectivity index (χ1n) is 3.68. The molecule has 0 N–H and O–H groups in total. The van der Waals surface area contributed by atoms with Crippen LogP contribution >= 0.6 is 11.6 Å². The van der Waals surface area contributed by atoms with Gasteiger partial charge in [0.25, 0.3) is 0 Å². The topological polar surface area (TPSA) is 25.8 Å². The molecule has 3 heteroatoms. The van der Waals surface area contributed by atoms with Crippen LogP contribution in [0.3, 0.4) is 0 Å². The summed E-state index contributed by atoms with van der Waals surface area (Å²) >= 11 is 5.63. The van der Waals surface area contributed by atoms with Crippen molar-refractivity contribution in [3.63, 3.8) is 0 Å². The summed E-state index contributed by atoms with van der Waals surface area (Å²) in [4.78, 5) is 7.94. The third kappa shape index (κ3) is 1.36. The second kappa shape index (κ2) is 2.78. The third-order valence-electron chi connectivity index (χ3n) is 1.96. The molecule has 11 heavy (non-hydrogen) atoms. The Hall–Kier alpha value is -0.630. The summed E-state index contributed by atoms with van der Waals surface area (Å²) in [5.41, 5.74) is 1.05. The van der Waals surface area contributed by atoms with Crippen molar-refractivity contribution >= 4 is 11.6 Å². The van der Waals surface area contributed by atoms with Crippen LogP contribution in [0.15, 0.2) is 12.3 Å². The fourth-order valence-electron chi connectivity index (χ4n) is 1.16. The highest BCUT2D eigenvalue weighted by Gasteiger charge is 2.20. The van der Waals surface area contributed by atoms with Crippen molar-refractivity contribution in [1.29, 1.82) is 0 Å². The predicted octanol–water partition coefficient (Wildman–Crippen LogP) is 2.21. The predicted molar refractivity (Wildman–Crippen MR) is 43.3 cm³/mol. The second-order valence-electron chi connectivity index (χ2n) is 2.67. The molecule has 2 rings (SSSR count). The molecule has 1 saturated carbocycles. The van der Waals surface area contributed by atoms with Crippen LogP contribution in [0.1, 0.15) is 24.5 Å². The van der Waals surface area contributed by atoms with E-state index in [0.717, 1.165) is 5.69 Å². The zero-order valence-electron chi connectivity index (χ0n) is 6.00. The van der Waals surface area contributed by atoms with Gasteiger partial charge >= 0.3 is 0 Å². The van der Waals surface area contributed by atoms with E-state index in [1.165, 1.54) is 12.8 Å². The molecule has 1 aromatic heterocycles. The lowest BCUT2D eigenvalue weighted by molar-refractivity contribution is 0.540. The molecule has 57 valence electrons. The zero-order valence-corrected chi connectivity index (χ0v) is 6.75. The molecular weight excluding hydrogens is 160 g/mol.